The fourth-order valence-corrected chi connectivity index (χ4v) is 2.88. The van der Waals surface area contributed by atoms with Gasteiger partial charge in [-0.3, -0.25) is 9.59 Å². The third-order valence-electron chi connectivity index (χ3n) is 3.12. The van der Waals surface area contributed by atoms with Gasteiger partial charge in [-0.2, -0.15) is 0 Å². The second-order valence-corrected chi connectivity index (χ2v) is 5.78. The number of nitrogens with zero attached hydrogens (tertiary/aromatic N) is 1. The predicted molar refractivity (Wildman–Crippen MR) is 70.4 cm³/mol. The number of carbonyl (C=O) groups is 2. The van der Waals surface area contributed by atoms with Gasteiger partial charge in [0.25, 0.3) is 0 Å². The lowest BCUT2D eigenvalue weighted by Crippen LogP contribution is -2.32. The Morgan fingerprint density at radius 1 is 1.53 bits per heavy atom. The van der Waals surface area contributed by atoms with Crippen molar-refractivity contribution in [1.29, 1.82) is 0 Å². The zero-order chi connectivity index (χ0) is 14.0. The van der Waals surface area contributed by atoms with Gasteiger partial charge in [-0.05, 0) is 6.07 Å². The third-order valence-corrected chi connectivity index (χ3v) is 3.73. The Labute approximate surface area is 118 Å². The molecule has 102 valence electrons. The summed E-state index contributed by atoms with van der Waals surface area (Å²) in [5, 5.41) is 8.98. The molecule has 0 aromatic heterocycles. The first-order valence-corrected chi connectivity index (χ1v) is 6.80. The molecule has 2 unspecified atom stereocenters. The van der Waals surface area contributed by atoms with E-state index in [1.807, 2.05) is 0 Å². The molecule has 0 radical (unpaired) electrons. The van der Waals surface area contributed by atoms with Crippen LogP contribution in [-0.2, 0) is 9.59 Å². The van der Waals surface area contributed by atoms with Crippen LogP contribution >= 0.6 is 15.9 Å². The Hall–Kier alpha value is -1.43. The van der Waals surface area contributed by atoms with Gasteiger partial charge >= 0.3 is 5.97 Å². The van der Waals surface area contributed by atoms with E-state index in [2.05, 4.69) is 15.9 Å². The summed E-state index contributed by atoms with van der Waals surface area (Å²) in [5.41, 5.74) is 0.250. The minimum absolute atomic E-state index is 0.0110. The van der Waals surface area contributed by atoms with Crippen molar-refractivity contribution in [2.45, 2.75) is 23.7 Å². The number of hydrogen-bond donors (Lipinski definition) is 1. The highest BCUT2D eigenvalue weighted by Gasteiger charge is 2.35. The van der Waals surface area contributed by atoms with Crippen molar-refractivity contribution in [2.75, 3.05) is 6.54 Å². The van der Waals surface area contributed by atoms with E-state index in [9.17, 15) is 14.0 Å². The van der Waals surface area contributed by atoms with Crippen molar-refractivity contribution in [2.24, 2.45) is 0 Å². The number of aliphatic carboxylic acids is 1. The summed E-state index contributed by atoms with van der Waals surface area (Å²) < 4.78 is 13.8. The molecule has 6 heteroatoms. The van der Waals surface area contributed by atoms with E-state index < -0.39 is 17.8 Å². The van der Waals surface area contributed by atoms with Crippen LogP contribution in [0.4, 0.5) is 4.39 Å². The monoisotopic (exact) mass is 329 g/mol. The topological polar surface area (TPSA) is 57.6 Å². The predicted octanol–water partition coefficient (Wildman–Crippen LogP) is 2.34. The molecule has 0 saturated carbocycles. The Morgan fingerprint density at radius 3 is 2.74 bits per heavy atom. The lowest BCUT2D eigenvalue weighted by Gasteiger charge is -2.27. The molecular formula is C13H13BrFNO3. The molecule has 1 saturated heterocycles. The average molecular weight is 330 g/mol. The van der Waals surface area contributed by atoms with Crippen LogP contribution in [0.5, 0.6) is 0 Å². The molecule has 1 N–H and O–H groups in total. The van der Waals surface area contributed by atoms with E-state index >= 15 is 0 Å². The van der Waals surface area contributed by atoms with Crippen molar-refractivity contribution < 1.29 is 19.1 Å². The highest BCUT2D eigenvalue weighted by molar-refractivity contribution is 9.09. The highest BCUT2D eigenvalue weighted by Crippen LogP contribution is 2.32. The van der Waals surface area contributed by atoms with E-state index in [1.165, 1.54) is 23.1 Å². The smallest absolute Gasteiger partial charge is 0.305 e. The fraction of sp³-hybridized carbons (Fsp3) is 0.385. The van der Waals surface area contributed by atoms with E-state index in [1.54, 1.807) is 6.07 Å². The number of benzene rings is 1. The number of carbonyl (C=O) groups excluding carboxylic acids is 1. The summed E-state index contributed by atoms with van der Waals surface area (Å²) >= 11 is 3.34. The number of amides is 1. The molecule has 1 amide bonds. The number of hydrogen-bond acceptors (Lipinski definition) is 2. The van der Waals surface area contributed by atoms with Gasteiger partial charge in [0.15, 0.2) is 0 Å². The zero-order valence-corrected chi connectivity index (χ0v) is 11.6. The van der Waals surface area contributed by atoms with Crippen LogP contribution in [0.25, 0.3) is 0 Å². The van der Waals surface area contributed by atoms with Crippen molar-refractivity contribution >= 4 is 27.8 Å². The van der Waals surface area contributed by atoms with Gasteiger partial charge in [-0.1, -0.05) is 34.1 Å². The molecule has 1 fully saturated rings. The molecule has 1 aliphatic rings. The highest BCUT2D eigenvalue weighted by atomic mass is 79.9. The van der Waals surface area contributed by atoms with Gasteiger partial charge in [0.05, 0.1) is 12.5 Å². The van der Waals surface area contributed by atoms with E-state index in [0.717, 1.165) is 0 Å². The molecule has 1 aliphatic heterocycles. The first-order chi connectivity index (χ1) is 8.99. The normalized spacial score (nSPS) is 20.6. The van der Waals surface area contributed by atoms with Crippen LogP contribution in [0.1, 0.15) is 24.4 Å². The van der Waals surface area contributed by atoms with Crippen molar-refractivity contribution in [1.82, 2.24) is 4.90 Å². The summed E-state index contributed by atoms with van der Waals surface area (Å²) in [6.45, 7) is 0.394. The Balaban J connectivity index is 2.34. The minimum Gasteiger partial charge on any atom is -0.481 e. The quantitative estimate of drug-likeness (QED) is 0.862. The summed E-state index contributed by atoms with van der Waals surface area (Å²) in [5.74, 6) is -1.70. The van der Waals surface area contributed by atoms with Gasteiger partial charge in [0.2, 0.25) is 5.91 Å². The SMILES string of the molecule is O=C(O)CC(c1ccccc1F)N1CC(Br)CC1=O. The van der Waals surface area contributed by atoms with Crippen LogP contribution in [0.15, 0.2) is 24.3 Å². The van der Waals surface area contributed by atoms with Gasteiger partial charge < -0.3 is 10.0 Å². The van der Waals surface area contributed by atoms with Gasteiger partial charge in [-0.15, -0.1) is 0 Å². The fourth-order valence-electron chi connectivity index (χ4n) is 2.29. The summed E-state index contributed by atoms with van der Waals surface area (Å²) in [6.07, 6.45) is 0.0109. The van der Waals surface area contributed by atoms with Gasteiger partial charge in [0.1, 0.15) is 5.82 Å². The number of halogens is 2. The van der Waals surface area contributed by atoms with E-state index in [4.69, 9.17) is 5.11 Å². The van der Waals surface area contributed by atoms with Crippen LogP contribution in [-0.4, -0.2) is 33.3 Å². The van der Waals surface area contributed by atoms with E-state index in [-0.39, 0.29) is 22.7 Å². The summed E-state index contributed by atoms with van der Waals surface area (Å²) in [6, 6.07) is 5.22. The first-order valence-electron chi connectivity index (χ1n) is 5.88. The molecule has 1 heterocycles. The van der Waals surface area contributed by atoms with Crippen LogP contribution in [0, 0.1) is 5.82 Å². The van der Waals surface area contributed by atoms with Crippen LogP contribution in [0.3, 0.4) is 0 Å². The lowest BCUT2D eigenvalue weighted by molar-refractivity contribution is -0.139. The van der Waals surface area contributed by atoms with Crippen LogP contribution in [0.2, 0.25) is 0 Å². The average Bonchev–Trinajstić information content (AvgIpc) is 2.66. The first kappa shape index (κ1) is 14.0. The number of carboxylic acids is 1. The summed E-state index contributed by atoms with van der Waals surface area (Å²) in [7, 11) is 0. The molecule has 0 bridgehead atoms. The summed E-state index contributed by atoms with van der Waals surface area (Å²) in [4.78, 5) is 24.3. The number of likely N-dealkylation sites (tertiary alicyclic amines) is 1. The largest absolute Gasteiger partial charge is 0.481 e. The van der Waals surface area contributed by atoms with Crippen LogP contribution < -0.4 is 0 Å². The van der Waals surface area contributed by atoms with Crippen molar-refractivity contribution in [3.05, 3.63) is 35.6 Å². The van der Waals surface area contributed by atoms with E-state index in [0.29, 0.717) is 13.0 Å². The zero-order valence-electron chi connectivity index (χ0n) is 10.1. The van der Waals surface area contributed by atoms with Gasteiger partial charge in [0, 0.05) is 23.4 Å². The maximum Gasteiger partial charge on any atom is 0.305 e. The second kappa shape index (κ2) is 5.69. The lowest BCUT2D eigenvalue weighted by atomic mass is 10.0. The molecule has 1 aromatic carbocycles. The minimum atomic E-state index is -1.06. The Morgan fingerprint density at radius 2 is 2.21 bits per heavy atom. The van der Waals surface area contributed by atoms with Crippen molar-refractivity contribution in [3.8, 4) is 0 Å². The Bertz CT molecular complexity index is 508. The number of alkyl halides is 1. The maximum absolute atomic E-state index is 13.8. The molecule has 0 spiro atoms. The standard InChI is InChI=1S/C13H13BrFNO3/c14-8-5-12(17)16(7-8)11(6-13(18)19)9-3-1-2-4-10(9)15/h1-4,8,11H,5-7H2,(H,18,19). The second-order valence-electron chi connectivity index (χ2n) is 4.48. The maximum atomic E-state index is 13.8. The Kier molecular flexibility index (Phi) is 4.19. The number of rotatable bonds is 4. The van der Waals surface area contributed by atoms with Gasteiger partial charge in [-0.25, -0.2) is 4.39 Å². The molecule has 0 aliphatic carbocycles. The molecule has 1 aromatic rings. The van der Waals surface area contributed by atoms with Crippen molar-refractivity contribution in [3.63, 3.8) is 0 Å². The third kappa shape index (κ3) is 3.12. The molecule has 2 rings (SSSR count). The number of carboxylic acid groups (broad SMARTS) is 1. The molecule has 4 nitrogen and oxygen atoms in total. The molecule has 2 atom stereocenters. The molecule has 19 heavy (non-hydrogen) atoms. The molecular weight excluding hydrogens is 317 g/mol.